The molecule has 0 spiro atoms. The first-order valence-corrected chi connectivity index (χ1v) is 11.2. The second-order valence-electron chi connectivity index (χ2n) is 8.44. The number of anilines is 4. The lowest BCUT2D eigenvalue weighted by Crippen LogP contribution is -2.37. The quantitative estimate of drug-likeness (QED) is 0.594. The number of alkyl halides is 3. The van der Waals surface area contributed by atoms with Crippen LogP contribution in [0.5, 0.6) is 0 Å². The molecule has 2 saturated heterocycles. The molecule has 2 fully saturated rings. The topological polar surface area (TPSA) is 86.6 Å². The van der Waals surface area contributed by atoms with Crippen LogP contribution >= 0.6 is 0 Å². The van der Waals surface area contributed by atoms with Crippen molar-refractivity contribution >= 4 is 34.0 Å². The Morgan fingerprint density at radius 1 is 1.00 bits per heavy atom. The Morgan fingerprint density at radius 2 is 1.76 bits per heavy atom. The van der Waals surface area contributed by atoms with Crippen LogP contribution in [0.25, 0.3) is 10.9 Å². The number of nitrogens with one attached hydrogen (secondary N) is 1. The summed E-state index contributed by atoms with van der Waals surface area (Å²) in [6.07, 6.45) is -0.433. The minimum Gasteiger partial charge on any atom is -0.393 e. The van der Waals surface area contributed by atoms with Crippen LogP contribution in [-0.4, -0.2) is 65.6 Å². The number of aliphatic hydroxyl groups excluding tert-OH is 1. The second kappa shape index (κ2) is 9.22. The van der Waals surface area contributed by atoms with Crippen molar-refractivity contribution in [1.82, 2.24) is 15.0 Å². The molecule has 0 atom stereocenters. The van der Waals surface area contributed by atoms with Gasteiger partial charge in [0.15, 0.2) is 0 Å². The first-order chi connectivity index (χ1) is 16.4. The smallest absolute Gasteiger partial charge is 0.393 e. The third-order valence-corrected chi connectivity index (χ3v) is 6.15. The minimum atomic E-state index is -4.51. The van der Waals surface area contributed by atoms with E-state index >= 15 is 0 Å². The highest BCUT2D eigenvalue weighted by Gasteiger charge is 2.35. The maximum atomic E-state index is 14.0. The number of halogens is 3. The fourth-order valence-electron chi connectivity index (χ4n) is 4.32. The summed E-state index contributed by atoms with van der Waals surface area (Å²) in [6, 6.07) is 5.98. The average molecular weight is 474 g/mol. The second-order valence-corrected chi connectivity index (χ2v) is 8.44. The maximum absolute atomic E-state index is 14.0. The number of nitrogens with zero attached hydrogens (tertiary/aromatic N) is 5. The van der Waals surface area contributed by atoms with E-state index in [0.29, 0.717) is 74.9 Å². The summed E-state index contributed by atoms with van der Waals surface area (Å²) in [6.45, 7) is 2.81. The zero-order chi connectivity index (χ0) is 23.7. The molecule has 5 rings (SSSR count). The fraction of sp³-hybridized carbons (Fsp3) is 0.435. The molecule has 2 aliphatic heterocycles. The van der Waals surface area contributed by atoms with Crippen LogP contribution in [0.1, 0.15) is 18.4 Å². The van der Waals surface area contributed by atoms with Gasteiger partial charge in [-0.15, -0.1) is 0 Å². The van der Waals surface area contributed by atoms with Gasteiger partial charge in [0.25, 0.3) is 0 Å². The van der Waals surface area contributed by atoms with E-state index in [0.717, 1.165) is 6.07 Å². The highest BCUT2D eigenvalue weighted by Crippen LogP contribution is 2.39. The molecule has 4 heterocycles. The number of aromatic nitrogens is 3. The number of hydrogen-bond acceptors (Lipinski definition) is 8. The molecule has 3 aromatic rings. The Labute approximate surface area is 194 Å². The van der Waals surface area contributed by atoms with E-state index in [9.17, 15) is 18.3 Å². The number of morpholine rings is 1. The lowest BCUT2D eigenvalue weighted by molar-refractivity contribution is -0.137. The van der Waals surface area contributed by atoms with Gasteiger partial charge in [0.05, 0.1) is 35.8 Å². The molecule has 0 saturated carbocycles. The normalized spacial score (nSPS) is 17.9. The summed E-state index contributed by atoms with van der Waals surface area (Å²) in [7, 11) is 0. The number of hydrogen-bond donors (Lipinski definition) is 2. The summed E-state index contributed by atoms with van der Waals surface area (Å²) < 4.78 is 47.2. The number of rotatable bonds is 4. The highest BCUT2D eigenvalue weighted by molar-refractivity contribution is 5.91. The number of piperidine rings is 1. The van der Waals surface area contributed by atoms with Crippen molar-refractivity contribution < 1.29 is 23.0 Å². The molecular weight excluding hydrogens is 449 g/mol. The van der Waals surface area contributed by atoms with Crippen LogP contribution in [0.4, 0.5) is 36.3 Å². The summed E-state index contributed by atoms with van der Waals surface area (Å²) in [5.74, 6) is 0.848. The van der Waals surface area contributed by atoms with Crippen molar-refractivity contribution in [2.24, 2.45) is 0 Å². The maximum Gasteiger partial charge on any atom is 0.418 e. The number of benzene rings is 1. The average Bonchev–Trinajstić information content (AvgIpc) is 2.84. The first-order valence-electron chi connectivity index (χ1n) is 11.2. The largest absolute Gasteiger partial charge is 0.418 e. The third kappa shape index (κ3) is 4.71. The van der Waals surface area contributed by atoms with Gasteiger partial charge < -0.3 is 25.0 Å². The molecule has 0 bridgehead atoms. The Balaban J connectivity index is 1.51. The van der Waals surface area contributed by atoms with Gasteiger partial charge >= 0.3 is 6.18 Å². The number of fused-ring (bicyclic) bond motifs is 1. The summed E-state index contributed by atoms with van der Waals surface area (Å²) in [4.78, 5) is 17.0. The van der Waals surface area contributed by atoms with Crippen molar-refractivity contribution in [2.45, 2.75) is 25.1 Å². The zero-order valence-corrected chi connectivity index (χ0v) is 18.4. The van der Waals surface area contributed by atoms with Crippen molar-refractivity contribution in [2.75, 3.05) is 54.5 Å². The van der Waals surface area contributed by atoms with E-state index in [1.807, 2.05) is 4.90 Å². The molecular formula is C23H25F3N6O2. The molecule has 0 radical (unpaired) electrons. The fourth-order valence-corrected chi connectivity index (χ4v) is 4.32. The molecule has 2 aromatic heterocycles. The van der Waals surface area contributed by atoms with E-state index in [4.69, 9.17) is 4.74 Å². The van der Waals surface area contributed by atoms with Gasteiger partial charge in [-0.1, -0.05) is 0 Å². The standard InChI is InChI=1S/C23H25F3N6O2/c24-23(25,26)18-13-15(1-2-20(18)31-9-11-34-12-10-31)28-21-17-14-27-6-3-19(17)29-22(30-21)32-7-4-16(33)5-8-32/h1-3,6,13-14,16,33H,4-5,7-12H2,(H,28,29,30). The molecule has 0 unspecified atom stereocenters. The Bertz CT molecular complexity index is 1160. The molecule has 0 amide bonds. The molecule has 34 heavy (non-hydrogen) atoms. The van der Waals surface area contributed by atoms with Crippen LogP contribution in [-0.2, 0) is 10.9 Å². The van der Waals surface area contributed by atoms with Crippen molar-refractivity contribution in [3.05, 3.63) is 42.2 Å². The van der Waals surface area contributed by atoms with E-state index in [2.05, 4.69) is 20.3 Å². The van der Waals surface area contributed by atoms with Gasteiger partial charge in [0.1, 0.15) is 5.82 Å². The SMILES string of the molecule is OC1CCN(c2nc(Nc3ccc(N4CCOCC4)c(C(F)(F)F)c3)c3cnccc3n2)CC1. The first kappa shape index (κ1) is 22.6. The molecule has 0 aliphatic carbocycles. The van der Waals surface area contributed by atoms with Gasteiger partial charge in [-0.2, -0.15) is 18.2 Å². The monoisotopic (exact) mass is 474 g/mol. The minimum absolute atomic E-state index is 0.142. The molecule has 8 nitrogen and oxygen atoms in total. The van der Waals surface area contributed by atoms with E-state index < -0.39 is 11.7 Å². The van der Waals surface area contributed by atoms with Crippen molar-refractivity contribution in [1.29, 1.82) is 0 Å². The Kier molecular flexibility index (Phi) is 6.13. The van der Waals surface area contributed by atoms with Gasteiger partial charge in [-0.05, 0) is 37.1 Å². The molecule has 11 heteroatoms. The van der Waals surface area contributed by atoms with Gasteiger partial charge in [-0.3, -0.25) is 4.98 Å². The van der Waals surface area contributed by atoms with Crippen molar-refractivity contribution in [3.63, 3.8) is 0 Å². The van der Waals surface area contributed by atoms with E-state index in [1.54, 1.807) is 29.4 Å². The molecule has 1 aromatic carbocycles. The Morgan fingerprint density at radius 3 is 2.50 bits per heavy atom. The van der Waals surface area contributed by atoms with Gasteiger partial charge in [0.2, 0.25) is 5.95 Å². The van der Waals surface area contributed by atoms with Crippen LogP contribution in [0, 0.1) is 0 Å². The summed E-state index contributed by atoms with van der Waals surface area (Å²) >= 11 is 0. The van der Waals surface area contributed by atoms with Crippen molar-refractivity contribution in [3.8, 4) is 0 Å². The Hall–Kier alpha value is -3.18. The van der Waals surface area contributed by atoms with Crippen LogP contribution < -0.4 is 15.1 Å². The van der Waals surface area contributed by atoms with Gasteiger partial charge in [-0.25, -0.2) is 4.98 Å². The van der Waals surface area contributed by atoms with Crippen LogP contribution in [0.15, 0.2) is 36.7 Å². The lowest BCUT2D eigenvalue weighted by atomic mass is 10.1. The van der Waals surface area contributed by atoms with E-state index in [-0.39, 0.29) is 17.5 Å². The van der Waals surface area contributed by atoms with E-state index in [1.165, 1.54) is 6.07 Å². The lowest BCUT2D eigenvalue weighted by Gasteiger charge is -2.31. The zero-order valence-electron chi connectivity index (χ0n) is 18.4. The van der Waals surface area contributed by atoms with Crippen LogP contribution in [0.3, 0.4) is 0 Å². The van der Waals surface area contributed by atoms with Gasteiger partial charge in [0, 0.05) is 49.9 Å². The highest BCUT2D eigenvalue weighted by atomic mass is 19.4. The summed E-state index contributed by atoms with van der Waals surface area (Å²) in [5, 5.41) is 13.5. The third-order valence-electron chi connectivity index (χ3n) is 6.15. The molecule has 2 aliphatic rings. The van der Waals surface area contributed by atoms with Crippen LogP contribution in [0.2, 0.25) is 0 Å². The number of aliphatic hydroxyl groups is 1. The molecule has 180 valence electrons. The predicted molar refractivity (Wildman–Crippen MR) is 123 cm³/mol. The molecule has 2 N–H and O–H groups in total. The number of ether oxygens (including phenoxy) is 1. The summed E-state index contributed by atoms with van der Waals surface area (Å²) in [5.41, 5.74) is 0.340. The predicted octanol–water partition coefficient (Wildman–Crippen LogP) is 3.58. The number of pyridine rings is 1.